The fourth-order valence-corrected chi connectivity index (χ4v) is 5.90. The third-order valence-electron chi connectivity index (χ3n) is 6.44. The lowest BCUT2D eigenvalue weighted by molar-refractivity contribution is -0.139. The molecular formula is C31H30ClN3O4S. The predicted molar refractivity (Wildman–Crippen MR) is 157 cm³/mol. The Bertz CT molecular complexity index is 1520. The van der Waals surface area contributed by atoms with E-state index < -0.39 is 28.5 Å². The van der Waals surface area contributed by atoms with Gasteiger partial charge in [-0.1, -0.05) is 90.5 Å². The van der Waals surface area contributed by atoms with Crippen molar-refractivity contribution in [3.8, 4) is 0 Å². The number of carbonyl (C=O) groups excluding carboxylic acids is 2. The van der Waals surface area contributed by atoms with Crippen molar-refractivity contribution in [2.24, 2.45) is 0 Å². The molecule has 0 heterocycles. The molecule has 0 bridgehead atoms. The normalized spacial score (nSPS) is 11.8. The first kappa shape index (κ1) is 28.9. The fraction of sp³-hybridized carbons (Fsp3) is 0.161. The van der Waals surface area contributed by atoms with Gasteiger partial charge >= 0.3 is 0 Å². The minimum atomic E-state index is -4.16. The topological polar surface area (TPSA) is 86.8 Å². The van der Waals surface area contributed by atoms with Crippen LogP contribution in [0.25, 0.3) is 0 Å². The van der Waals surface area contributed by atoms with Crippen molar-refractivity contribution in [3.05, 3.63) is 131 Å². The average molecular weight is 576 g/mol. The molecular weight excluding hydrogens is 546 g/mol. The summed E-state index contributed by atoms with van der Waals surface area (Å²) in [5.74, 6) is -0.866. The number of nitrogens with zero attached hydrogens (tertiary/aromatic N) is 2. The quantitative estimate of drug-likeness (QED) is 0.275. The molecule has 0 fully saturated rings. The highest BCUT2D eigenvalue weighted by Gasteiger charge is 2.34. The molecule has 7 nitrogen and oxygen atoms in total. The van der Waals surface area contributed by atoms with Crippen molar-refractivity contribution in [3.63, 3.8) is 0 Å². The highest BCUT2D eigenvalue weighted by molar-refractivity contribution is 7.92. The molecule has 0 aliphatic rings. The van der Waals surface area contributed by atoms with Crippen LogP contribution in [0.15, 0.2) is 120 Å². The first-order valence-electron chi connectivity index (χ1n) is 12.7. The smallest absolute Gasteiger partial charge is 0.264 e. The summed E-state index contributed by atoms with van der Waals surface area (Å²) >= 11 is 6.00. The number of hydrogen-bond donors (Lipinski definition) is 1. The molecule has 0 saturated heterocycles. The van der Waals surface area contributed by atoms with Crippen molar-refractivity contribution in [1.29, 1.82) is 0 Å². The Hall–Kier alpha value is -4.14. The molecule has 0 radical (unpaired) electrons. The fourth-order valence-electron chi connectivity index (χ4n) is 4.36. The maximum absolute atomic E-state index is 14.1. The molecule has 0 aromatic heterocycles. The van der Waals surface area contributed by atoms with Crippen LogP contribution in [-0.2, 0) is 32.6 Å². The van der Waals surface area contributed by atoms with Crippen molar-refractivity contribution in [1.82, 2.24) is 10.2 Å². The van der Waals surface area contributed by atoms with E-state index in [1.807, 2.05) is 60.7 Å². The predicted octanol–water partition coefficient (Wildman–Crippen LogP) is 4.92. The lowest BCUT2D eigenvalue weighted by atomic mass is 10.0. The lowest BCUT2D eigenvalue weighted by Gasteiger charge is -2.33. The van der Waals surface area contributed by atoms with Crippen LogP contribution < -0.4 is 9.62 Å². The number of nitrogens with one attached hydrogen (secondary N) is 1. The Kier molecular flexibility index (Phi) is 9.58. The van der Waals surface area contributed by atoms with Crippen LogP contribution in [0.4, 0.5) is 5.69 Å². The maximum Gasteiger partial charge on any atom is 0.264 e. The van der Waals surface area contributed by atoms with Crippen LogP contribution in [-0.4, -0.2) is 44.8 Å². The van der Waals surface area contributed by atoms with Crippen LogP contribution in [0.5, 0.6) is 0 Å². The maximum atomic E-state index is 14.1. The van der Waals surface area contributed by atoms with E-state index in [9.17, 15) is 18.0 Å². The van der Waals surface area contributed by atoms with Crippen LogP contribution in [0.3, 0.4) is 0 Å². The number of para-hydroxylation sites is 1. The van der Waals surface area contributed by atoms with Crippen LogP contribution in [0.1, 0.15) is 11.1 Å². The summed E-state index contributed by atoms with van der Waals surface area (Å²) in [4.78, 5) is 28.8. The number of halogens is 1. The monoisotopic (exact) mass is 575 g/mol. The first-order valence-corrected chi connectivity index (χ1v) is 14.5. The number of rotatable bonds is 11. The number of likely N-dealkylation sites (N-methyl/N-ethyl adjacent to an activating group) is 1. The van der Waals surface area contributed by atoms with Gasteiger partial charge in [0.2, 0.25) is 11.8 Å². The van der Waals surface area contributed by atoms with Gasteiger partial charge in [-0.25, -0.2) is 8.42 Å². The number of hydrogen-bond acceptors (Lipinski definition) is 4. The Balaban J connectivity index is 1.75. The molecule has 0 aliphatic carbocycles. The standard InChI is InChI=1S/C31H30ClN3O4S/c1-33-31(37)29(21-24-11-5-2-6-12-24)34(22-25-13-7-3-8-14-25)30(36)23-35(27-15-9-4-10-16-27)40(38,39)28-19-17-26(32)18-20-28/h2-20,29H,21-23H2,1H3,(H,33,37). The lowest BCUT2D eigenvalue weighted by Crippen LogP contribution is -2.53. The summed E-state index contributed by atoms with van der Waals surface area (Å²) in [5, 5.41) is 3.07. The number of sulfonamides is 1. The second-order valence-electron chi connectivity index (χ2n) is 9.13. The van der Waals surface area contributed by atoms with Gasteiger partial charge in [0.15, 0.2) is 0 Å². The molecule has 2 amide bonds. The van der Waals surface area contributed by atoms with E-state index >= 15 is 0 Å². The van der Waals surface area contributed by atoms with Crippen molar-refractivity contribution < 1.29 is 18.0 Å². The van der Waals surface area contributed by atoms with E-state index in [0.717, 1.165) is 15.4 Å². The van der Waals surface area contributed by atoms with E-state index in [4.69, 9.17) is 11.6 Å². The second-order valence-corrected chi connectivity index (χ2v) is 11.4. The van der Waals surface area contributed by atoms with Gasteiger partial charge in [-0.2, -0.15) is 0 Å². The van der Waals surface area contributed by atoms with Crippen molar-refractivity contribution in [2.75, 3.05) is 17.9 Å². The molecule has 9 heteroatoms. The molecule has 4 aromatic rings. The van der Waals surface area contributed by atoms with Crippen LogP contribution in [0.2, 0.25) is 5.02 Å². The molecule has 1 N–H and O–H groups in total. The second kappa shape index (κ2) is 13.3. The van der Waals surface area contributed by atoms with E-state index in [2.05, 4.69) is 5.32 Å². The first-order chi connectivity index (χ1) is 19.3. The summed E-state index contributed by atoms with van der Waals surface area (Å²) in [7, 11) is -2.64. The molecule has 0 aliphatic heterocycles. The Morgan fingerprint density at radius 3 is 1.85 bits per heavy atom. The molecule has 0 spiro atoms. The zero-order valence-electron chi connectivity index (χ0n) is 22.0. The van der Waals surface area contributed by atoms with Crippen molar-refractivity contribution >= 4 is 39.1 Å². The summed E-state index contributed by atoms with van der Waals surface area (Å²) in [5.41, 5.74) is 2.00. The molecule has 4 rings (SSSR count). The van der Waals surface area contributed by atoms with Gasteiger partial charge in [0.05, 0.1) is 10.6 Å². The van der Waals surface area contributed by atoms with E-state index in [0.29, 0.717) is 10.7 Å². The molecule has 40 heavy (non-hydrogen) atoms. The summed E-state index contributed by atoms with van der Waals surface area (Å²) in [6, 6.07) is 32.0. The van der Waals surface area contributed by atoms with Gasteiger partial charge in [0, 0.05) is 25.0 Å². The van der Waals surface area contributed by atoms with E-state index in [1.54, 1.807) is 30.3 Å². The van der Waals surface area contributed by atoms with Gasteiger partial charge < -0.3 is 10.2 Å². The number of benzene rings is 4. The van der Waals surface area contributed by atoms with Crippen LogP contribution in [0, 0.1) is 0 Å². The Morgan fingerprint density at radius 1 is 0.775 bits per heavy atom. The zero-order valence-corrected chi connectivity index (χ0v) is 23.6. The molecule has 206 valence electrons. The number of carbonyl (C=O) groups is 2. The van der Waals surface area contributed by atoms with Gasteiger partial charge in [-0.05, 0) is 47.5 Å². The van der Waals surface area contributed by atoms with E-state index in [-0.39, 0.29) is 23.8 Å². The van der Waals surface area contributed by atoms with Gasteiger partial charge in [0.1, 0.15) is 12.6 Å². The van der Waals surface area contributed by atoms with E-state index in [1.165, 1.54) is 36.2 Å². The minimum Gasteiger partial charge on any atom is -0.357 e. The minimum absolute atomic E-state index is 0.00435. The highest BCUT2D eigenvalue weighted by Crippen LogP contribution is 2.25. The Morgan fingerprint density at radius 2 is 1.30 bits per heavy atom. The third-order valence-corrected chi connectivity index (χ3v) is 8.48. The van der Waals surface area contributed by atoms with Gasteiger partial charge in [0.25, 0.3) is 10.0 Å². The molecule has 4 aromatic carbocycles. The number of amides is 2. The summed E-state index contributed by atoms with van der Waals surface area (Å²) < 4.78 is 28.8. The number of anilines is 1. The average Bonchev–Trinajstić information content (AvgIpc) is 2.98. The summed E-state index contributed by atoms with van der Waals surface area (Å²) in [6.07, 6.45) is 0.258. The Labute approximate surface area is 240 Å². The zero-order chi connectivity index (χ0) is 28.5. The SMILES string of the molecule is CNC(=O)C(Cc1ccccc1)N(Cc1ccccc1)C(=O)CN(c1ccccc1)S(=O)(=O)c1ccc(Cl)cc1. The van der Waals surface area contributed by atoms with Gasteiger partial charge in [-0.3, -0.25) is 13.9 Å². The van der Waals surface area contributed by atoms with Crippen LogP contribution >= 0.6 is 11.6 Å². The van der Waals surface area contributed by atoms with Gasteiger partial charge in [-0.15, -0.1) is 0 Å². The third kappa shape index (κ3) is 7.08. The summed E-state index contributed by atoms with van der Waals surface area (Å²) in [6.45, 7) is -0.391. The molecule has 1 atom stereocenters. The highest BCUT2D eigenvalue weighted by atomic mass is 35.5. The largest absolute Gasteiger partial charge is 0.357 e. The van der Waals surface area contributed by atoms with Crippen molar-refractivity contribution in [2.45, 2.75) is 23.9 Å². The molecule has 1 unspecified atom stereocenters. The molecule has 0 saturated carbocycles.